The quantitative estimate of drug-likeness (QED) is 0.900. The molecule has 0 aromatic heterocycles. The summed E-state index contributed by atoms with van der Waals surface area (Å²) in [4.78, 5) is 11.5. The van der Waals surface area contributed by atoms with Gasteiger partial charge in [-0.05, 0) is 35.2 Å². The van der Waals surface area contributed by atoms with Gasteiger partial charge in [-0.3, -0.25) is 4.79 Å². The van der Waals surface area contributed by atoms with Crippen LogP contribution in [0.4, 0.5) is 5.69 Å². The average molecular weight is 284 g/mol. The van der Waals surface area contributed by atoms with Gasteiger partial charge in [0.2, 0.25) is 5.91 Å². The van der Waals surface area contributed by atoms with E-state index >= 15 is 0 Å². The summed E-state index contributed by atoms with van der Waals surface area (Å²) in [7, 11) is 1.61. The molecular weight excluding hydrogens is 270 g/mol. The number of hydrogen-bond acceptors (Lipinski definition) is 2. The lowest BCUT2D eigenvalue weighted by Gasteiger charge is -2.05. The number of methoxy groups -OCH3 is 1. The van der Waals surface area contributed by atoms with Crippen molar-refractivity contribution in [3.05, 3.63) is 35.3 Å². The highest BCUT2D eigenvalue weighted by atomic mass is 79.9. The molecule has 16 heavy (non-hydrogen) atoms. The fraction of sp³-hybridized carbons (Fsp3) is 0.250. The Hall–Kier alpha value is -1.29. The molecule has 0 spiro atoms. The van der Waals surface area contributed by atoms with Crippen molar-refractivity contribution < 1.29 is 9.53 Å². The lowest BCUT2D eigenvalue weighted by atomic mass is 10.2. The van der Waals surface area contributed by atoms with Crippen LogP contribution in [0.15, 0.2) is 35.3 Å². The first-order valence-corrected chi connectivity index (χ1v) is 5.68. The number of allylic oxidation sites excluding steroid dienone is 1. The molecule has 0 fully saturated rings. The minimum absolute atomic E-state index is 0.0224. The zero-order valence-electron chi connectivity index (χ0n) is 9.13. The molecule has 1 amide bonds. The molecule has 0 heterocycles. The number of benzene rings is 1. The van der Waals surface area contributed by atoms with E-state index in [1.165, 1.54) is 0 Å². The highest BCUT2D eigenvalue weighted by molar-refractivity contribution is 9.11. The number of hydrogen-bond donors (Lipinski definition) is 1. The van der Waals surface area contributed by atoms with Crippen LogP contribution in [0.3, 0.4) is 0 Å². The highest BCUT2D eigenvalue weighted by Gasteiger charge is 2.02. The molecule has 3 nitrogen and oxygen atoms in total. The topological polar surface area (TPSA) is 38.3 Å². The fourth-order valence-corrected chi connectivity index (χ4v) is 1.35. The molecule has 0 aliphatic rings. The summed E-state index contributed by atoms with van der Waals surface area (Å²) in [5, 5.41) is 2.79. The van der Waals surface area contributed by atoms with Crippen molar-refractivity contribution in [2.75, 3.05) is 12.4 Å². The maximum atomic E-state index is 11.5. The maximum absolute atomic E-state index is 11.5. The van der Waals surface area contributed by atoms with Crippen LogP contribution in [0, 0.1) is 0 Å². The summed E-state index contributed by atoms with van der Waals surface area (Å²) in [6.45, 7) is 3.68. The van der Waals surface area contributed by atoms with Gasteiger partial charge >= 0.3 is 0 Å². The number of carbonyl (C=O) groups is 1. The van der Waals surface area contributed by atoms with Gasteiger partial charge in [-0.2, -0.15) is 0 Å². The van der Waals surface area contributed by atoms with E-state index in [1.54, 1.807) is 31.4 Å². The van der Waals surface area contributed by atoms with Gasteiger partial charge in [-0.1, -0.05) is 22.5 Å². The van der Waals surface area contributed by atoms with Crippen molar-refractivity contribution >= 4 is 27.5 Å². The van der Waals surface area contributed by atoms with E-state index in [4.69, 9.17) is 4.74 Å². The van der Waals surface area contributed by atoms with Crippen molar-refractivity contribution in [3.8, 4) is 5.75 Å². The molecular formula is C12H14BrNO2. The molecule has 0 atom stereocenters. The summed E-state index contributed by atoms with van der Waals surface area (Å²) in [6.07, 6.45) is 1.07. The molecule has 0 aliphatic carbocycles. The molecule has 1 aromatic carbocycles. The number of carbonyl (C=O) groups excluding carboxylic acids is 1. The van der Waals surface area contributed by atoms with Gasteiger partial charge in [0.25, 0.3) is 0 Å². The van der Waals surface area contributed by atoms with Gasteiger partial charge in [-0.15, -0.1) is 0 Å². The Kier molecular flexibility index (Phi) is 5.05. The molecule has 1 aromatic rings. The molecule has 0 unspecified atom stereocenters. The third-order valence-electron chi connectivity index (χ3n) is 2.00. The first kappa shape index (κ1) is 12.8. The molecule has 0 bridgehead atoms. The summed E-state index contributed by atoms with van der Waals surface area (Å²) in [5.74, 6) is 0.748. The summed E-state index contributed by atoms with van der Waals surface area (Å²) >= 11 is 3.22. The molecule has 1 N–H and O–H groups in total. The number of rotatable bonds is 5. The number of halogens is 1. The summed E-state index contributed by atoms with van der Waals surface area (Å²) < 4.78 is 5.85. The normalized spacial score (nSPS) is 9.62. The second-order valence-electron chi connectivity index (χ2n) is 3.29. The van der Waals surface area contributed by atoms with E-state index in [-0.39, 0.29) is 5.91 Å². The van der Waals surface area contributed by atoms with Gasteiger partial charge in [0.05, 0.1) is 7.11 Å². The Morgan fingerprint density at radius 3 is 2.50 bits per heavy atom. The van der Waals surface area contributed by atoms with Crippen LogP contribution in [0.2, 0.25) is 0 Å². The number of anilines is 1. The lowest BCUT2D eigenvalue weighted by molar-refractivity contribution is -0.116. The van der Waals surface area contributed by atoms with E-state index in [1.807, 2.05) is 0 Å². The van der Waals surface area contributed by atoms with E-state index in [2.05, 4.69) is 27.8 Å². The molecule has 0 aliphatic heterocycles. The average Bonchev–Trinajstić information content (AvgIpc) is 2.27. The van der Waals surface area contributed by atoms with Gasteiger partial charge in [0.1, 0.15) is 5.75 Å². The molecule has 0 radical (unpaired) electrons. The number of ether oxygens (including phenoxy) is 1. The van der Waals surface area contributed by atoms with Crippen LogP contribution >= 0.6 is 15.9 Å². The van der Waals surface area contributed by atoms with Crippen molar-refractivity contribution in [2.24, 2.45) is 0 Å². The standard InChI is InChI=1S/C12H14BrNO2/c1-9(13)3-8-12(15)14-10-4-6-11(16-2)7-5-10/h4-7H,1,3,8H2,2H3,(H,14,15). The van der Waals surface area contributed by atoms with Gasteiger partial charge in [0.15, 0.2) is 0 Å². The number of nitrogens with one attached hydrogen (secondary N) is 1. The zero-order valence-corrected chi connectivity index (χ0v) is 10.7. The van der Waals surface area contributed by atoms with Gasteiger partial charge in [0, 0.05) is 12.1 Å². The monoisotopic (exact) mass is 283 g/mol. The van der Waals surface area contributed by atoms with Crippen LogP contribution in [0.5, 0.6) is 5.75 Å². The molecule has 0 saturated heterocycles. The molecule has 0 saturated carbocycles. The van der Waals surface area contributed by atoms with E-state index in [0.717, 1.165) is 15.9 Å². The Labute approximate surface area is 104 Å². The third-order valence-corrected chi connectivity index (χ3v) is 2.39. The van der Waals surface area contributed by atoms with Crippen LogP contribution < -0.4 is 10.1 Å². The predicted molar refractivity (Wildman–Crippen MR) is 68.9 cm³/mol. The van der Waals surface area contributed by atoms with Gasteiger partial charge < -0.3 is 10.1 Å². The minimum Gasteiger partial charge on any atom is -0.497 e. The van der Waals surface area contributed by atoms with Crippen LogP contribution in [0.1, 0.15) is 12.8 Å². The second-order valence-corrected chi connectivity index (χ2v) is 4.42. The smallest absolute Gasteiger partial charge is 0.224 e. The van der Waals surface area contributed by atoms with Crippen LogP contribution in [-0.4, -0.2) is 13.0 Å². The van der Waals surface area contributed by atoms with Gasteiger partial charge in [-0.25, -0.2) is 0 Å². The zero-order chi connectivity index (χ0) is 12.0. The largest absolute Gasteiger partial charge is 0.497 e. The minimum atomic E-state index is -0.0224. The molecule has 86 valence electrons. The Morgan fingerprint density at radius 2 is 2.00 bits per heavy atom. The second kappa shape index (κ2) is 6.33. The summed E-state index contributed by atoms with van der Waals surface area (Å²) in [5.41, 5.74) is 0.769. The Bertz CT molecular complexity index is 373. The van der Waals surface area contributed by atoms with Crippen molar-refractivity contribution in [3.63, 3.8) is 0 Å². The summed E-state index contributed by atoms with van der Waals surface area (Å²) in [6, 6.07) is 7.22. The van der Waals surface area contributed by atoms with E-state index < -0.39 is 0 Å². The Morgan fingerprint density at radius 1 is 1.38 bits per heavy atom. The fourth-order valence-electron chi connectivity index (χ4n) is 1.15. The Balaban J connectivity index is 2.46. The first-order valence-electron chi connectivity index (χ1n) is 4.89. The molecule has 1 rings (SSSR count). The molecule has 4 heteroatoms. The van der Waals surface area contributed by atoms with E-state index in [0.29, 0.717) is 12.8 Å². The van der Waals surface area contributed by atoms with Crippen LogP contribution in [-0.2, 0) is 4.79 Å². The highest BCUT2D eigenvalue weighted by Crippen LogP contribution is 2.16. The maximum Gasteiger partial charge on any atom is 0.224 e. The first-order chi connectivity index (χ1) is 7.61. The predicted octanol–water partition coefficient (Wildman–Crippen LogP) is 3.32. The third kappa shape index (κ3) is 4.49. The van der Waals surface area contributed by atoms with Crippen LogP contribution in [0.25, 0.3) is 0 Å². The van der Waals surface area contributed by atoms with Crippen molar-refractivity contribution in [2.45, 2.75) is 12.8 Å². The SMILES string of the molecule is C=C(Br)CCC(=O)Nc1ccc(OC)cc1. The number of amides is 1. The van der Waals surface area contributed by atoms with E-state index in [9.17, 15) is 4.79 Å². The van der Waals surface area contributed by atoms with Crippen molar-refractivity contribution in [1.29, 1.82) is 0 Å². The van der Waals surface area contributed by atoms with Crippen molar-refractivity contribution in [1.82, 2.24) is 0 Å². The lowest BCUT2D eigenvalue weighted by Crippen LogP contribution is -2.10.